The van der Waals surface area contributed by atoms with E-state index in [4.69, 9.17) is 10.5 Å². The molecular weight excluding hydrogens is 210 g/mol. The van der Waals surface area contributed by atoms with E-state index in [1.807, 2.05) is 19.2 Å². The van der Waals surface area contributed by atoms with Crippen LogP contribution < -0.4 is 5.73 Å². The van der Waals surface area contributed by atoms with Crippen molar-refractivity contribution >= 4 is 23.4 Å². The Balaban J connectivity index is 2.69. The molecule has 1 aromatic rings. The molecule has 0 aliphatic heterocycles. The van der Waals surface area contributed by atoms with Crippen LogP contribution >= 0.6 is 11.8 Å². The van der Waals surface area contributed by atoms with Crippen molar-refractivity contribution in [2.75, 3.05) is 24.3 Å². The summed E-state index contributed by atoms with van der Waals surface area (Å²) in [5.41, 5.74) is 7.64. The standard InChI is InChI=1S/C11H15NO2S/c1-8-4-3-5-9(10(8)12)11(13)14-6-7-15-2/h3-5H,6-7,12H2,1-2H3. The van der Waals surface area contributed by atoms with Crippen LogP contribution in [0.2, 0.25) is 0 Å². The zero-order chi connectivity index (χ0) is 11.3. The molecular formula is C11H15NO2S. The second-order valence-corrected chi connectivity index (χ2v) is 4.15. The number of nitrogen functional groups attached to an aromatic ring is 1. The highest BCUT2D eigenvalue weighted by Gasteiger charge is 2.11. The molecule has 15 heavy (non-hydrogen) atoms. The molecule has 1 rings (SSSR count). The molecule has 2 N–H and O–H groups in total. The number of benzene rings is 1. The number of hydrogen-bond acceptors (Lipinski definition) is 4. The Morgan fingerprint density at radius 3 is 2.93 bits per heavy atom. The Morgan fingerprint density at radius 1 is 1.53 bits per heavy atom. The van der Waals surface area contributed by atoms with Gasteiger partial charge in [0.1, 0.15) is 6.61 Å². The topological polar surface area (TPSA) is 52.3 Å². The first-order chi connectivity index (χ1) is 7.16. The number of aryl methyl sites for hydroxylation is 1. The summed E-state index contributed by atoms with van der Waals surface area (Å²) in [5.74, 6) is 0.461. The third-order valence-electron chi connectivity index (χ3n) is 2.06. The zero-order valence-corrected chi connectivity index (χ0v) is 9.76. The lowest BCUT2D eigenvalue weighted by Crippen LogP contribution is -2.10. The maximum atomic E-state index is 11.6. The van der Waals surface area contributed by atoms with E-state index >= 15 is 0 Å². The summed E-state index contributed by atoms with van der Waals surface area (Å²) in [6, 6.07) is 5.36. The highest BCUT2D eigenvalue weighted by Crippen LogP contribution is 2.17. The van der Waals surface area contributed by atoms with Gasteiger partial charge in [-0.15, -0.1) is 0 Å². The van der Waals surface area contributed by atoms with Gasteiger partial charge in [-0.05, 0) is 24.8 Å². The smallest absolute Gasteiger partial charge is 0.340 e. The van der Waals surface area contributed by atoms with Crippen LogP contribution in [0.25, 0.3) is 0 Å². The van der Waals surface area contributed by atoms with Crippen molar-refractivity contribution in [1.82, 2.24) is 0 Å². The summed E-state index contributed by atoms with van der Waals surface area (Å²) in [6.45, 7) is 2.29. The van der Waals surface area contributed by atoms with Crippen molar-refractivity contribution in [3.8, 4) is 0 Å². The van der Waals surface area contributed by atoms with Crippen LogP contribution in [0.4, 0.5) is 5.69 Å². The molecule has 3 nitrogen and oxygen atoms in total. The summed E-state index contributed by atoms with van der Waals surface area (Å²) in [5, 5.41) is 0. The van der Waals surface area contributed by atoms with Crippen molar-refractivity contribution in [3.63, 3.8) is 0 Å². The normalized spacial score (nSPS) is 10.0. The summed E-state index contributed by atoms with van der Waals surface area (Å²) in [7, 11) is 0. The van der Waals surface area contributed by atoms with Crippen molar-refractivity contribution < 1.29 is 9.53 Å². The van der Waals surface area contributed by atoms with E-state index in [1.165, 1.54) is 0 Å². The van der Waals surface area contributed by atoms with Crippen LogP contribution in [0.1, 0.15) is 15.9 Å². The van der Waals surface area contributed by atoms with E-state index in [-0.39, 0.29) is 5.97 Å². The van der Waals surface area contributed by atoms with E-state index in [0.29, 0.717) is 17.9 Å². The van der Waals surface area contributed by atoms with Gasteiger partial charge in [-0.2, -0.15) is 11.8 Å². The van der Waals surface area contributed by atoms with Crippen LogP contribution in [0, 0.1) is 6.92 Å². The van der Waals surface area contributed by atoms with Crippen LogP contribution in [0.3, 0.4) is 0 Å². The monoisotopic (exact) mass is 225 g/mol. The van der Waals surface area contributed by atoms with Gasteiger partial charge in [-0.3, -0.25) is 0 Å². The molecule has 0 aliphatic carbocycles. The predicted molar refractivity (Wildman–Crippen MR) is 64.3 cm³/mol. The minimum absolute atomic E-state index is 0.342. The Bertz CT molecular complexity index is 352. The second-order valence-electron chi connectivity index (χ2n) is 3.16. The summed E-state index contributed by atoms with van der Waals surface area (Å²) in [6.07, 6.45) is 1.97. The first kappa shape index (κ1) is 11.9. The second kappa shape index (κ2) is 5.66. The van der Waals surface area contributed by atoms with Crippen LogP contribution in [0.5, 0.6) is 0 Å². The Morgan fingerprint density at radius 2 is 2.27 bits per heavy atom. The van der Waals surface area contributed by atoms with Gasteiger partial charge in [0, 0.05) is 11.4 Å². The Labute approximate surface area is 94.0 Å². The number of esters is 1. The zero-order valence-electron chi connectivity index (χ0n) is 8.95. The minimum atomic E-state index is -0.342. The molecule has 0 saturated heterocycles. The van der Waals surface area contributed by atoms with E-state index in [0.717, 1.165) is 11.3 Å². The summed E-state index contributed by atoms with van der Waals surface area (Å²) < 4.78 is 5.06. The molecule has 0 bridgehead atoms. The average molecular weight is 225 g/mol. The van der Waals surface area contributed by atoms with E-state index < -0.39 is 0 Å². The number of hydrogen-bond donors (Lipinski definition) is 1. The fourth-order valence-electron chi connectivity index (χ4n) is 1.15. The van der Waals surface area contributed by atoms with Gasteiger partial charge >= 0.3 is 5.97 Å². The third kappa shape index (κ3) is 3.16. The molecule has 0 amide bonds. The number of anilines is 1. The number of thioether (sulfide) groups is 1. The third-order valence-corrected chi connectivity index (χ3v) is 2.64. The molecule has 0 aliphatic rings. The minimum Gasteiger partial charge on any atom is -0.461 e. The fraction of sp³-hybridized carbons (Fsp3) is 0.364. The van der Waals surface area contributed by atoms with Gasteiger partial charge < -0.3 is 10.5 Å². The molecule has 4 heteroatoms. The first-order valence-corrected chi connectivity index (χ1v) is 6.07. The molecule has 0 heterocycles. The van der Waals surface area contributed by atoms with E-state index in [1.54, 1.807) is 23.9 Å². The quantitative estimate of drug-likeness (QED) is 0.484. The summed E-state index contributed by atoms with van der Waals surface area (Å²) in [4.78, 5) is 11.6. The van der Waals surface area contributed by atoms with Crippen LogP contribution in [0.15, 0.2) is 18.2 Å². The summed E-state index contributed by atoms with van der Waals surface area (Å²) >= 11 is 1.64. The lowest BCUT2D eigenvalue weighted by atomic mass is 10.1. The van der Waals surface area contributed by atoms with Gasteiger partial charge in [0.2, 0.25) is 0 Å². The largest absolute Gasteiger partial charge is 0.461 e. The number of rotatable bonds is 4. The molecule has 0 unspecified atom stereocenters. The van der Waals surface area contributed by atoms with Crippen LogP contribution in [-0.2, 0) is 4.74 Å². The Hall–Kier alpha value is -1.16. The van der Waals surface area contributed by atoms with E-state index in [9.17, 15) is 4.79 Å². The number of nitrogens with two attached hydrogens (primary N) is 1. The lowest BCUT2D eigenvalue weighted by molar-refractivity contribution is 0.0531. The van der Waals surface area contributed by atoms with Crippen LogP contribution in [-0.4, -0.2) is 24.6 Å². The molecule has 1 aromatic carbocycles. The fourth-order valence-corrected chi connectivity index (χ4v) is 1.40. The van der Waals surface area contributed by atoms with E-state index in [2.05, 4.69) is 0 Å². The molecule has 0 saturated carbocycles. The lowest BCUT2D eigenvalue weighted by Gasteiger charge is -2.07. The van der Waals surface area contributed by atoms with Crippen molar-refractivity contribution in [3.05, 3.63) is 29.3 Å². The number of para-hydroxylation sites is 1. The SMILES string of the molecule is CSCCOC(=O)c1cccc(C)c1N. The molecule has 0 fully saturated rings. The number of ether oxygens (including phenoxy) is 1. The first-order valence-electron chi connectivity index (χ1n) is 4.68. The van der Waals surface area contributed by atoms with Gasteiger partial charge in [0.05, 0.1) is 5.56 Å². The maximum Gasteiger partial charge on any atom is 0.340 e. The highest BCUT2D eigenvalue weighted by atomic mass is 32.2. The number of carbonyl (C=O) groups is 1. The highest BCUT2D eigenvalue weighted by molar-refractivity contribution is 7.98. The average Bonchev–Trinajstić information content (AvgIpc) is 2.22. The molecule has 0 radical (unpaired) electrons. The maximum absolute atomic E-state index is 11.6. The molecule has 0 spiro atoms. The van der Waals surface area contributed by atoms with Gasteiger partial charge in [-0.25, -0.2) is 4.79 Å². The van der Waals surface area contributed by atoms with Gasteiger partial charge in [0.15, 0.2) is 0 Å². The molecule has 82 valence electrons. The van der Waals surface area contributed by atoms with Crippen molar-refractivity contribution in [2.24, 2.45) is 0 Å². The predicted octanol–water partition coefficient (Wildman–Crippen LogP) is 2.10. The van der Waals surface area contributed by atoms with Gasteiger partial charge in [-0.1, -0.05) is 12.1 Å². The Kier molecular flexibility index (Phi) is 4.49. The van der Waals surface area contributed by atoms with Crippen molar-refractivity contribution in [1.29, 1.82) is 0 Å². The molecule has 0 atom stereocenters. The molecule has 0 aromatic heterocycles. The number of carbonyl (C=O) groups excluding carboxylic acids is 1. The van der Waals surface area contributed by atoms with Crippen molar-refractivity contribution in [2.45, 2.75) is 6.92 Å². The van der Waals surface area contributed by atoms with Gasteiger partial charge in [0.25, 0.3) is 0 Å².